The van der Waals surface area contributed by atoms with Gasteiger partial charge in [0.2, 0.25) is 0 Å². The Morgan fingerprint density at radius 3 is 2.71 bits per heavy atom. The zero-order valence-electron chi connectivity index (χ0n) is 12.5. The molecule has 8 nitrogen and oxygen atoms in total. The molecule has 2 aromatic heterocycles. The Hall–Kier alpha value is -2.22. The van der Waals surface area contributed by atoms with Crippen molar-refractivity contribution in [3.8, 4) is 0 Å². The van der Waals surface area contributed by atoms with Crippen molar-refractivity contribution < 1.29 is 0 Å². The standard InChI is InChI=1S/C13H20N6O2/c1-4-5-14-7-10-8-19(16-15-10)9-11-6-12(20)18(3)13(21)17(11)2/h6,8,14H,4-5,7,9H2,1-3H3. The van der Waals surface area contributed by atoms with E-state index in [1.807, 2.05) is 6.20 Å². The number of aromatic nitrogens is 5. The fraction of sp³-hybridized carbons (Fsp3) is 0.538. The molecule has 0 atom stereocenters. The van der Waals surface area contributed by atoms with Crippen molar-refractivity contribution in [1.29, 1.82) is 0 Å². The van der Waals surface area contributed by atoms with Gasteiger partial charge in [0.05, 0.1) is 18.4 Å². The normalized spacial score (nSPS) is 11.0. The zero-order valence-corrected chi connectivity index (χ0v) is 12.5. The molecule has 0 saturated carbocycles. The van der Waals surface area contributed by atoms with Crippen LogP contribution in [0, 0.1) is 0 Å². The minimum absolute atomic E-state index is 0.321. The van der Waals surface area contributed by atoms with E-state index in [-0.39, 0.29) is 11.2 Å². The molecule has 0 amide bonds. The largest absolute Gasteiger partial charge is 0.330 e. The first-order valence-electron chi connectivity index (χ1n) is 6.88. The van der Waals surface area contributed by atoms with E-state index in [4.69, 9.17) is 0 Å². The first-order valence-corrected chi connectivity index (χ1v) is 6.88. The molecule has 0 fully saturated rings. The lowest BCUT2D eigenvalue weighted by molar-refractivity contribution is 0.582. The molecule has 0 spiro atoms. The summed E-state index contributed by atoms with van der Waals surface area (Å²) >= 11 is 0. The predicted molar refractivity (Wildman–Crippen MR) is 78.0 cm³/mol. The fourth-order valence-corrected chi connectivity index (χ4v) is 1.99. The third kappa shape index (κ3) is 3.46. The molecular formula is C13H20N6O2. The lowest BCUT2D eigenvalue weighted by Crippen LogP contribution is -2.38. The molecule has 0 radical (unpaired) electrons. The Morgan fingerprint density at radius 1 is 1.24 bits per heavy atom. The van der Waals surface area contributed by atoms with Gasteiger partial charge in [-0.05, 0) is 13.0 Å². The molecule has 0 aromatic carbocycles. The van der Waals surface area contributed by atoms with E-state index in [0.717, 1.165) is 23.2 Å². The van der Waals surface area contributed by atoms with Gasteiger partial charge in [0.25, 0.3) is 5.56 Å². The highest BCUT2D eigenvalue weighted by atomic mass is 16.2. The van der Waals surface area contributed by atoms with Crippen LogP contribution < -0.4 is 16.6 Å². The van der Waals surface area contributed by atoms with E-state index >= 15 is 0 Å². The molecule has 2 rings (SSSR count). The van der Waals surface area contributed by atoms with Crippen molar-refractivity contribution >= 4 is 0 Å². The van der Waals surface area contributed by atoms with Crippen LogP contribution in [0.15, 0.2) is 21.9 Å². The Balaban J connectivity index is 2.16. The number of rotatable bonds is 6. The summed E-state index contributed by atoms with van der Waals surface area (Å²) in [5, 5.41) is 11.3. The van der Waals surface area contributed by atoms with Crippen LogP contribution in [0.5, 0.6) is 0 Å². The summed E-state index contributed by atoms with van der Waals surface area (Å²) in [6, 6.07) is 1.44. The van der Waals surface area contributed by atoms with Crippen molar-refractivity contribution in [3.05, 3.63) is 44.5 Å². The van der Waals surface area contributed by atoms with Crippen LogP contribution in [0.2, 0.25) is 0 Å². The van der Waals surface area contributed by atoms with Gasteiger partial charge in [0, 0.05) is 32.4 Å². The van der Waals surface area contributed by atoms with Gasteiger partial charge in [-0.2, -0.15) is 0 Å². The first kappa shape index (κ1) is 15.2. The molecule has 0 aliphatic heterocycles. The van der Waals surface area contributed by atoms with Crippen LogP contribution in [-0.2, 0) is 27.2 Å². The molecule has 1 N–H and O–H groups in total. The lowest BCUT2D eigenvalue weighted by Gasteiger charge is -2.08. The van der Waals surface area contributed by atoms with Gasteiger partial charge in [0.1, 0.15) is 0 Å². The summed E-state index contributed by atoms with van der Waals surface area (Å²) in [5.41, 5.74) is 0.763. The van der Waals surface area contributed by atoms with Crippen LogP contribution in [0.25, 0.3) is 0 Å². The second kappa shape index (κ2) is 6.49. The van der Waals surface area contributed by atoms with E-state index in [0.29, 0.717) is 18.8 Å². The number of hydrogen-bond donors (Lipinski definition) is 1. The molecule has 21 heavy (non-hydrogen) atoms. The van der Waals surface area contributed by atoms with Gasteiger partial charge < -0.3 is 5.32 Å². The van der Waals surface area contributed by atoms with Crippen molar-refractivity contribution in [3.63, 3.8) is 0 Å². The van der Waals surface area contributed by atoms with E-state index < -0.39 is 0 Å². The summed E-state index contributed by atoms with van der Waals surface area (Å²) in [5.74, 6) is 0. The van der Waals surface area contributed by atoms with Gasteiger partial charge in [0.15, 0.2) is 0 Å². The average Bonchev–Trinajstić information content (AvgIpc) is 2.90. The highest BCUT2D eigenvalue weighted by Gasteiger charge is 2.08. The van der Waals surface area contributed by atoms with E-state index in [2.05, 4.69) is 22.6 Å². The highest BCUT2D eigenvalue weighted by molar-refractivity contribution is 5.03. The lowest BCUT2D eigenvalue weighted by atomic mass is 10.3. The van der Waals surface area contributed by atoms with Crippen LogP contribution in [0.4, 0.5) is 0 Å². The minimum Gasteiger partial charge on any atom is -0.311 e. The van der Waals surface area contributed by atoms with E-state index in [1.54, 1.807) is 11.7 Å². The summed E-state index contributed by atoms with van der Waals surface area (Å²) in [7, 11) is 3.10. The molecule has 0 saturated heterocycles. The molecule has 2 aromatic rings. The third-order valence-electron chi connectivity index (χ3n) is 3.27. The molecule has 0 aliphatic rings. The Bertz CT molecular complexity index is 727. The van der Waals surface area contributed by atoms with Crippen molar-refractivity contribution in [2.75, 3.05) is 6.54 Å². The predicted octanol–water partition coefficient (Wildman–Crippen LogP) is -0.777. The second-order valence-corrected chi connectivity index (χ2v) is 4.96. The molecule has 2 heterocycles. The Morgan fingerprint density at radius 2 is 2.00 bits per heavy atom. The topological polar surface area (TPSA) is 86.7 Å². The maximum absolute atomic E-state index is 11.9. The van der Waals surface area contributed by atoms with Gasteiger partial charge in [-0.25, -0.2) is 9.48 Å². The van der Waals surface area contributed by atoms with Crippen LogP contribution in [0.1, 0.15) is 24.7 Å². The molecule has 0 aliphatic carbocycles. The highest BCUT2D eigenvalue weighted by Crippen LogP contribution is 1.98. The maximum Gasteiger partial charge on any atom is 0.330 e. The maximum atomic E-state index is 11.9. The minimum atomic E-state index is -0.345. The third-order valence-corrected chi connectivity index (χ3v) is 3.27. The van der Waals surface area contributed by atoms with Crippen molar-refractivity contribution in [1.82, 2.24) is 29.4 Å². The quantitative estimate of drug-likeness (QED) is 0.706. The fourth-order valence-electron chi connectivity index (χ4n) is 1.99. The monoisotopic (exact) mass is 292 g/mol. The molecule has 114 valence electrons. The van der Waals surface area contributed by atoms with Crippen molar-refractivity contribution in [2.45, 2.75) is 26.4 Å². The number of nitrogens with zero attached hydrogens (tertiary/aromatic N) is 5. The van der Waals surface area contributed by atoms with Gasteiger partial charge in [-0.15, -0.1) is 5.10 Å². The van der Waals surface area contributed by atoms with E-state index in [1.165, 1.54) is 17.7 Å². The van der Waals surface area contributed by atoms with Crippen LogP contribution in [0.3, 0.4) is 0 Å². The van der Waals surface area contributed by atoms with Gasteiger partial charge in [-0.3, -0.25) is 13.9 Å². The molecule has 0 unspecified atom stereocenters. The second-order valence-electron chi connectivity index (χ2n) is 4.96. The molecule has 8 heteroatoms. The molecular weight excluding hydrogens is 272 g/mol. The number of hydrogen-bond acceptors (Lipinski definition) is 5. The summed E-state index contributed by atoms with van der Waals surface area (Å²) in [6.45, 7) is 4.02. The van der Waals surface area contributed by atoms with Gasteiger partial charge in [-0.1, -0.05) is 12.1 Å². The summed E-state index contributed by atoms with van der Waals surface area (Å²) < 4.78 is 4.14. The Labute approximate surface area is 122 Å². The van der Waals surface area contributed by atoms with Gasteiger partial charge >= 0.3 is 5.69 Å². The smallest absolute Gasteiger partial charge is 0.311 e. The number of nitrogens with one attached hydrogen (secondary N) is 1. The van der Waals surface area contributed by atoms with E-state index in [9.17, 15) is 9.59 Å². The van der Waals surface area contributed by atoms with Crippen LogP contribution >= 0.6 is 0 Å². The SMILES string of the molecule is CCCNCc1cn(Cc2cc(=O)n(C)c(=O)n2C)nn1. The van der Waals surface area contributed by atoms with Crippen molar-refractivity contribution in [2.24, 2.45) is 14.1 Å². The van der Waals surface area contributed by atoms with Crippen LogP contribution in [-0.4, -0.2) is 30.7 Å². The average molecular weight is 292 g/mol. The molecule has 0 bridgehead atoms. The summed E-state index contributed by atoms with van der Waals surface area (Å²) in [6.07, 6.45) is 2.87. The zero-order chi connectivity index (χ0) is 15.4. The Kier molecular flexibility index (Phi) is 4.69. The summed E-state index contributed by atoms with van der Waals surface area (Å²) in [4.78, 5) is 23.5. The first-order chi connectivity index (χ1) is 10.0.